The molecule has 1 aromatic carbocycles. The Labute approximate surface area is 108 Å². The fraction of sp³-hybridized carbons (Fsp3) is 0.533. The summed E-state index contributed by atoms with van der Waals surface area (Å²) in [4.78, 5) is 14.6. The lowest BCUT2D eigenvalue weighted by Gasteiger charge is -2.40. The van der Waals surface area contributed by atoms with Gasteiger partial charge in [-0.3, -0.25) is 4.79 Å². The average Bonchev–Trinajstić information content (AvgIpc) is 2.39. The molecule has 0 unspecified atom stereocenters. The number of likely N-dealkylation sites (tertiary alicyclic amines) is 1. The molecule has 1 saturated heterocycles. The number of methoxy groups -OCH3 is 1. The van der Waals surface area contributed by atoms with E-state index in [1.807, 2.05) is 18.2 Å². The van der Waals surface area contributed by atoms with Crippen LogP contribution in [0.1, 0.15) is 34.7 Å². The fourth-order valence-corrected chi connectivity index (χ4v) is 3.43. The summed E-state index contributed by atoms with van der Waals surface area (Å²) < 4.78 is 5.47. The molecule has 0 saturated carbocycles. The van der Waals surface area contributed by atoms with Crippen LogP contribution >= 0.6 is 0 Å². The van der Waals surface area contributed by atoms with Crippen LogP contribution < -0.4 is 4.74 Å². The first-order valence-corrected chi connectivity index (χ1v) is 6.59. The zero-order valence-electron chi connectivity index (χ0n) is 11.0. The summed E-state index contributed by atoms with van der Waals surface area (Å²) in [6, 6.07) is 5.84. The maximum atomic E-state index is 12.2. The molecule has 0 aromatic heterocycles. The van der Waals surface area contributed by atoms with Gasteiger partial charge in [0, 0.05) is 30.0 Å². The van der Waals surface area contributed by atoms with Crippen molar-refractivity contribution in [2.24, 2.45) is 5.92 Å². The van der Waals surface area contributed by atoms with Gasteiger partial charge in [0.05, 0.1) is 7.11 Å². The third kappa shape index (κ3) is 1.74. The van der Waals surface area contributed by atoms with Crippen molar-refractivity contribution in [3.63, 3.8) is 0 Å². The predicted octanol–water partition coefficient (Wildman–Crippen LogP) is 2.32. The number of carbonyl (C=O) groups excluding carboxylic acids is 1. The molecule has 2 atom stereocenters. The highest BCUT2D eigenvalue weighted by Gasteiger charge is 2.38. The van der Waals surface area contributed by atoms with Crippen molar-refractivity contribution in [3.05, 3.63) is 29.3 Å². The minimum Gasteiger partial charge on any atom is -0.496 e. The molecule has 0 bridgehead atoms. The first-order valence-electron chi connectivity index (χ1n) is 6.59. The van der Waals surface area contributed by atoms with E-state index in [4.69, 9.17) is 4.74 Å². The van der Waals surface area contributed by atoms with Crippen LogP contribution in [0.5, 0.6) is 5.75 Å². The Hall–Kier alpha value is -1.35. The Kier molecular flexibility index (Phi) is 2.86. The van der Waals surface area contributed by atoms with E-state index in [1.165, 1.54) is 0 Å². The summed E-state index contributed by atoms with van der Waals surface area (Å²) in [7, 11) is 3.85. The van der Waals surface area contributed by atoms with Gasteiger partial charge in [-0.1, -0.05) is 12.1 Å². The second-order valence-corrected chi connectivity index (χ2v) is 5.47. The largest absolute Gasteiger partial charge is 0.496 e. The van der Waals surface area contributed by atoms with Crippen molar-refractivity contribution in [1.82, 2.24) is 4.90 Å². The number of hydrogen-bond acceptors (Lipinski definition) is 3. The molecule has 1 aromatic rings. The summed E-state index contributed by atoms with van der Waals surface area (Å²) in [5, 5.41) is 0. The molecular weight excluding hydrogens is 226 g/mol. The van der Waals surface area contributed by atoms with Crippen LogP contribution in [0.25, 0.3) is 0 Å². The summed E-state index contributed by atoms with van der Waals surface area (Å²) >= 11 is 0. The Balaban J connectivity index is 2.10. The van der Waals surface area contributed by atoms with Crippen LogP contribution in [-0.4, -0.2) is 37.9 Å². The van der Waals surface area contributed by atoms with E-state index < -0.39 is 0 Å². The van der Waals surface area contributed by atoms with Crippen molar-refractivity contribution < 1.29 is 9.53 Å². The highest BCUT2D eigenvalue weighted by atomic mass is 16.5. The number of likely N-dealkylation sites (N-methyl/N-ethyl adjacent to an activating group) is 1. The number of rotatable bonds is 1. The standard InChI is InChI=1S/C15H19NO2/c1-16-7-6-10-8-13(17)11-4-3-5-14(18-2)15(11)12(10)9-16/h3-5,10,12H,6-9H2,1-2H3/t10-,12-/m0/s1. The van der Waals surface area contributed by atoms with Crippen molar-refractivity contribution >= 4 is 5.78 Å². The number of Topliss-reactive ketones (excluding diaryl/α,β-unsaturated/α-hetero) is 1. The topological polar surface area (TPSA) is 29.5 Å². The highest BCUT2D eigenvalue weighted by Crippen LogP contribution is 2.44. The summed E-state index contributed by atoms with van der Waals surface area (Å²) in [5.41, 5.74) is 2.03. The monoisotopic (exact) mass is 245 g/mol. The van der Waals surface area contributed by atoms with Gasteiger partial charge in [-0.05, 0) is 32.0 Å². The average molecular weight is 245 g/mol. The molecule has 3 heteroatoms. The van der Waals surface area contributed by atoms with Gasteiger partial charge in [0.2, 0.25) is 0 Å². The quantitative estimate of drug-likeness (QED) is 0.760. The lowest BCUT2D eigenvalue weighted by molar-refractivity contribution is 0.0884. The maximum Gasteiger partial charge on any atom is 0.163 e. The molecule has 0 spiro atoms. The molecule has 1 fully saturated rings. The molecule has 1 aliphatic heterocycles. The van der Waals surface area contributed by atoms with E-state index in [2.05, 4.69) is 11.9 Å². The molecule has 2 aliphatic rings. The van der Waals surface area contributed by atoms with Crippen LogP contribution in [0.3, 0.4) is 0 Å². The number of ether oxygens (including phenoxy) is 1. The van der Waals surface area contributed by atoms with Crippen molar-refractivity contribution in [2.75, 3.05) is 27.2 Å². The Bertz CT molecular complexity index is 483. The zero-order valence-corrected chi connectivity index (χ0v) is 11.0. The lowest BCUT2D eigenvalue weighted by Crippen LogP contribution is -2.40. The second kappa shape index (κ2) is 4.39. The SMILES string of the molecule is COc1cccc2c1[C@H]1CN(C)CC[C@H]1CC2=O. The molecule has 1 heterocycles. The minimum atomic E-state index is 0.287. The zero-order chi connectivity index (χ0) is 12.7. The van der Waals surface area contributed by atoms with Gasteiger partial charge in [-0.25, -0.2) is 0 Å². The normalized spacial score (nSPS) is 27.6. The molecule has 3 rings (SSSR count). The maximum absolute atomic E-state index is 12.2. The fourth-order valence-electron chi connectivity index (χ4n) is 3.43. The first kappa shape index (κ1) is 11.7. The third-order valence-electron chi connectivity index (χ3n) is 4.36. The molecule has 0 amide bonds. The van der Waals surface area contributed by atoms with E-state index in [-0.39, 0.29) is 5.78 Å². The van der Waals surface area contributed by atoms with E-state index in [9.17, 15) is 4.79 Å². The molecule has 96 valence electrons. The van der Waals surface area contributed by atoms with Crippen molar-refractivity contribution in [2.45, 2.75) is 18.8 Å². The summed E-state index contributed by atoms with van der Waals surface area (Å²) in [6.45, 7) is 2.13. The molecule has 0 N–H and O–H groups in total. The van der Waals surface area contributed by atoms with Gasteiger partial charge in [-0.2, -0.15) is 0 Å². The minimum absolute atomic E-state index is 0.287. The van der Waals surface area contributed by atoms with Crippen LogP contribution in [-0.2, 0) is 0 Å². The van der Waals surface area contributed by atoms with E-state index in [0.717, 1.165) is 36.4 Å². The molecule has 3 nitrogen and oxygen atoms in total. The number of nitrogens with zero attached hydrogens (tertiary/aromatic N) is 1. The van der Waals surface area contributed by atoms with E-state index in [0.29, 0.717) is 18.3 Å². The van der Waals surface area contributed by atoms with Gasteiger partial charge < -0.3 is 9.64 Å². The number of hydrogen-bond donors (Lipinski definition) is 0. The van der Waals surface area contributed by atoms with Crippen LogP contribution in [0.4, 0.5) is 0 Å². The predicted molar refractivity (Wildman–Crippen MR) is 70.3 cm³/mol. The van der Waals surface area contributed by atoms with Crippen LogP contribution in [0.2, 0.25) is 0 Å². The van der Waals surface area contributed by atoms with Gasteiger partial charge in [-0.15, -0.1) is 0 Å². The van der Waals surface area contributed by atoms with Gasteiger partial charge >= 0.3 is 0 Å². The Morgan fingerprint density at radius 2 is 2.22 bits per heavy atom. The number of piperidine rings is 1. The van der Waals surface area contributed by atoms with Gasteiger partial charge in [0.15, 0.2) is 5.78 Å². The summed E-state index contributed by atoms with van der Waals surface area (Å²) in [6.07, 6.45) is 1.82. The third-order valence-corrected chi connectivity index (χ3v) is 4.36. The van der Waals surface area contributed by atoms with E-state index in [1.54, 1.807) is 7.11 Å². The summed E-state index contributed by atoms with van der Waals surface area (Å²) in [5.74, 6) is 2.12. The van der Waals surface area contributed by atoms with Gasteiger partial charge in [0.1, 0.15) is 5.75 Å². The molecule has 1 aliphatic carbocycles. The second-order valence-electron chi connectivity index (χ2n) is 5.47. The Morgan fingerprint density at radius 1 is 1.39 bits per heavy atom. The first-order chi connectivity index (χ1) is 8.70. The molecular formula is C15H19NO2. The van der Waals surface area contributed by atoms with Gasteiger partial charge in [0.25, 0.3) is 0 Å². The number of benzene rings is 1. The number of ketones is 1. The molecule has 18 heavy (non-hydrogen) atoms. The number of carbonyl (C=O) groups is 1. The smallest absolute Gasteiger partial charge is 0.163 e. The molecule has 0 radical (unpaired) electrons. The van der Waals surface area contributed by atoms with E-state index >= 15 is 0 Å². The highest BCUT2D eigenvalue weighted by molar-refractivity contribution is 5.99. The number of fused-ring (bicyclic) bond motifs is 3. The van der Waals surface area contributed by atoms with Crippen LogP contribution in [0, 0.1) is 5.92 Å². The Morgan fingerprint density at radius 3 is 3.00 bits per heavy atom. The van der Waals surface area contributed by atoms with Crippen LogP contribution in [0.15, 0.2) is 18.2 Å². The lowest BCUT2D eigenvalue weighted by atomic mass is 9.71. The van der Waals surface area contributed by atoms with Crippen molar-refractivity contribution in [1.29, 1.82) is 0 Å². The van der Waals surface area contributed by atoms with Crippen molar-refractivity contribution in [3.8, 4) is 5.75 Å².